The Balaban J connectivity index is 1.81. The van der Waals surface area contributed by atoms with Gasteiger partial charge in [-0.05, 0) is 26.7 Å². The van der Waals surface area contributed by atoms with Gasteiger partial charge in [0.2, 0.25) is 11.8 Å². The molecule has 2 fully saturated rings. The van der Waals surface area contributed by atoms with Crippen LogP contribution in [0.2, 0.25) is 0 Å². The number of alkyl halides is 3. The van der Waals surface area contributed by atoms with Crippen molar-refractivity contribution in [1.29, 1.82) is 0 Å². The maximum atomic E-state index is 12.4. The first kappa shape index (κ1) is 18.5. The molecule has 0 bridgehead atoms. The molecule has 0 aromatic carbocycles. The van der Waals surface area contributed by atoms with Crippen LogP contribution in [0.5, 0.6) is 0 Å². The second-order valence-electron chi connectivity index (χ2n) is 6.61. The maximum absolute atomic E-state index is 12.4. The fourth-order valence-corrected chi connectivity index (χ4v) is 3.13. The zero-order chi connectivity index (χ0) is 18.1. The van der Waals surface area contributed by atoms with E-state index in [4.69, 9.17) is 0 Å². The van der Waals surface area contributed by atoms with Gasteiger partial charge in [0.15, 0.2) is 0 Å². The second-order valence-corrected chi connectivity index (χ2v) is 6.61. The Bertz CT molecular complexity index is 514. The number of piperidine rings is 1. The number of nitrogens with zero attached hydrogens (tertiary/aromatic N) is 2. The average molecular weight is 349 g/mol. The highest BCUT2D eigenvalue weighted by Gasteiger charge is 2.43. The van der Waals surface area contributed by atoms with E-state index < -0.39 is 18.0 Å². The fraction of sp³-hybridized carbons (Fsp3) is 0.800. The molecule has 0 radical (unpaired) electrons. The molecule has 2 rings (SSSR count). The normalized spacial score (nSPS) is 23.1. The van der Waals surface area contributed by atoms with Crippen LogP contribution in [0.4, 0.5) is 13.2 Å². The summed E-state index contributed by atoms with van der Waals surface area (Å²) in [6.07, 6.45) is -4.14. The molecule has 2 saturated heterocycles. The maximum Gasteiger partial charge on any atom is 0.471 e. The van der Waals surface area contributed by atoms with Gasteiger partial charge in [0.25, 0.3) is 0 Å². The van der Waals surface area contributed by atoms with Crippen LogP contribution in [0.25, 0.3) is 0 Å². The fourth-order valence-electron chi connectivity index (χ4n) is 3.13. The molecule has 3 amide bonds. The van der Waals surface area contributed by atoms with E-state index in [1.54, 1.807) is 4.90 Å². The van der Waals surface area contributed by atoms with E-state index in [0.717, 1.165) is 4.90 Å². The first-order valence-electron chi connectivity index (χ1n) is 8.05. The largest absolute Gasteiger partial charge is 0.471 e. The van der Waals surface area contributed by atoms with Crippen molar-refractivity contribution >= 4 is 17.7 Å². The quantitative estimate of drug-likeness (QED) is 0.824. The van der Waals surface area contributed by atoms with Crippen LogP contribution in [0.15, 0.2) is 0 Å². The standard InChI is InChI=1S/C15H22F3N3O3/c1-9(2)21-8-10(7-12(21)22)13(23)19-11-3-5-20(6-4-11)14(24)15(16,17)18/h9-11H,3-8H2,1-2H3,(H,19,23). The molecular formula is C15H22F3N3O3. The van der Waals surface area contributed by atoms with Crippen molar-refractivity contribution in [1.82, 2.24) is 15.1 Å². The molecule has 24 heavy (non-hydrogen) atoms. The highest BCUT2D eigenvalue weighted by atomic mass is 19.4. The SMILES string of the molecule is CC(C)N1CC(C(=O)NC2CCN(C(=O)C(F)(F)F)CC2)CC1=O. The molecule has 0 aliphatic carbocycles. The van der Waals surface area contributed by atoms with Crippen molar-refractivity contribution < 1.29 is 27.6 Å². The monoisotopic (exact) mass is 349 g/mol. The highest BCUT2D eigenvalue weighted by Crippen LogP contribution is 2.23. The summed E-state index contributed by atoms with van der Waals surface area (Å²) in [7, 11) is 0. The Hall–Kier alpha value is -1.80. The summed E-state index contributed by atoms with van der Waals surface area (Å²) in [5.41, 5.74) is 0. The summed E-state index contributed by atoms with van der Waals surface area (Å²) in [5, 5.41) is 2.80. The number of halogens is 3. The smallest absolute Gasteiger partial charge is 0.353 e. The van der Waals surface area contributed by atoms with Gasteiger partial charge in [-0.3, -0.25) is 14.4 Å². The van der Waals surface area contributed by atoms with E-state index in [1.807, 2.05) is 13.8 Å². The lowest BCUT2D eigenvalue weighted by atomic mass is 10.0. The number of carbonyl (C=O) groups excluding carboxylic acids is 3. The van der Waals surface area contributed by atoms with Crippen molar-refractivity contribution in [3.05, 3.63) is 0 Å². The molecule has 1 N–H and O–H groups in total. The lowest BCUT2D eigenvalue weighted by Gasteiger charge is -2.33. The predicted molar refractivity (Wildman–Crippen MR) is 78.8 cm³/mol. The van der Waals surface area contributed by atoms with E-state index in [9.17, 15) is 27.6 Å². The van der Waals surface area contributed by atoms with Crippen molar-refractivity contribution in [3.63, 3.8) is 0 Å². The van der Waals surface area contributed by atoms with Crippen LogP contribution in [0.3, 0.4) is 0 Å². The summed E-state index contributed by atoms with van der Waals surface area (Å²) in [6.45, 7) is 4.06. The third-order valence-electron chi connectivity index (χ3n) is 4.52. The van der Waals surface area contributed by atoms with E-state index in [0.29, 0.717) is 6.54 Å². The van der Waals surface area contributed by atoms with Gasteiger partial charge in [-0.15, -0.1) is 0 Å². The van der Waals surface area contributed by atoms with Gasteiger partial charge in [-0.2, -0.15) is 13.2 Å². The summed E-state index contributed by atoms with van der Waals surface area (Å²) in [5.74, 6) is -2.56. The van der Waals surface area contributed by atoms with Crippen LogP contribution in [0.1, 0.15) is 33.1 Å². The average Bonchev–Trinajstić information content (AvgIpc) is 2.88. The van der Waals surface area contributed by atoms with E-state index >= 15 is 0 Å². The van der Waals surface area contributed by atoms with Crippen LogP contribution >= 0.6 is 0 Å². The number of rotatable bonds is 3. The predicted octanol–water partition coefficient (Wildman–Crippen LogP) is 0.913. The number of amides is 3. The molecule has 2 aliphatic heterocycles. The number of hydrogen-bond acceptors (Lipinski definition) is 3. The van der Waals surface area contributed by atoms with Gasteiger partial charge in [0.1, 0.15) is 0 Å². The summed E-state index contributed by atoms with van der Waals surface area (Å²) in [6, 6.07) is -0.232. The molecular weight excluding hydrogens is 327 g/mol. The minimum atomic E-state index is -4.86. The van der Waals surface area contributed by atoms with E-state index in [1.165, 1.54) is 0 Å². The number of nitrogens with one attached hydrogen (secondary N) is 1. The minimum absolute atomic E-state index is 0.0342. The molecule has 2 aliphatic rings. The zero-order valence-electron chi connectivity index (χ0n) is 13.7. The number of carbonyl (C=O) groups is 3. The molecule has 6 nitrogen and oxygen atoms in total. The van der Waals surface area contributed by atoms with Crippen molar-refractivity contribution in [3.8, 4) is 0 Å². The van der Waals surface area contributed by atoms with Crippen LogP contribution < -0.4 is 5.32 Å². The van der Waals surface area contributed by atoms with Gasteiger partial charge < -0.3 is 15.1 Å². The van der Waals surface area contributed by atoms with Crippen molar-refractivity contribution in [2.75, 3.05) is 19.6 Å². The Labute approximate surface area is 138 Å². The summed E-state index contributed by atoms with van der Waals surface area (Å²) >= 11 is 0. The number of likely N-dealkylation sites (tertiary alicyclic amines) is 2. The number of hydrogen-bond donors (Lipinski definition) is 1. The molecule has 1 atom stereocenters. The third kappa shape index (κ3) is 4.18. The molecule has 0 aromatic rings. The van der Waals surface area contributed by atoms with Gasteiger partial charge >= 0.3 is 12.1 Å². The lowest BCUT2D eigenvalue weighted by molar-refractivity contribution is -0.186. The molecule has 0 spiro atoms. The molecule has 136 valence electrons. The molecule has 0 aromatic heterocycles. The van der Waals surface area contributed by atoms with Crippen LogP contribution in [-0.4, -0.2) is 65.4 Å². The van der Waals surface area contributed by atoms with Gasteiger partial charge in [0.05, 0.1) is 5.92 Å². The molecule has 1 unspecified atom stereocenters. The molecule has 0 saturated carbocycles. The first-order valence-corrected chi connectivity index (χ1v) is 8.05. The van der Waals surface area contributed by atoms with Gasteiger partial charge in [0, 0.05) is 38.1 Å². The minimum Gasteiger partial charge on any atom is -0.353 e. The summed E-state index contributed by atoms with van der Waals surface area (Å²) in [4.78, 5) is 37.7. The van der Waals surface area contributed by atoms with Gasteiger partial charge in [-0.1, -0.05) is 0 Å². The first-order chi connectivity index (χ1) is 11.1. The second kappa shape index (κ2) is 6.98. The Morgan fingerprint density at radius 1 is 1.21 bits per heavy atom. The van der Waals surface area contributed by atoms with Gasteiger partial charge in [-0.25, -0.2) is 0 Å². The Kier molecular flexibility index (Phi) is 5.39. The van der Waals surface area contributed by atoms with Crippen molar-refractivity contribution in [2.45, 2.75) is 51.4 Å². The zero-order valence-corrected chi connectivity index (χ0v) is 13.7. The Morgan fingerprint density at radius 3 is 2.25 bits per heavy atom. The topological polar surface area (TPSA) is 69.7 Å². The van der Waals surface area contributed by atoms with Crippen LogP contribution in [-0.2, 0) is 14.4 Å². The highest BCUT2D eigenvalue weighted by molar-refractivity contribution is 5.89. The summed E-state index contributed by atoms with van der Waals surface area (Å²) < 4.78 is 37.2. The molecule has 2 heterocycles. The third-order valence-corrected chi connectivity index (χ3v) is 4.52. The lowest BCUT2D eigenvalue weighted by Crippen LogP contribution is -2.50. The Morgan fingerprint density at radius 2 is 1.79 bits per heavy atom. The van der Waals surface area contributed by atoms with Crippen molar-refractivity contribution in [2.24, 2.45) is 5.92 Å². The van der Waals surface area contributed by atoms with E-state index in [-0.39, 0.29) is 56.3 Å². The van der Waals surface area contributed by atoms with E-state index in [2.05, 4.69) is 5.32 Å². The van der Waals surface area contributed by atoms with Crippen LogP contribution in [0, 0.1) is 5.92 Å². The molecule has 9 heteroatoms.